The summed E-state index contributed by atoms with van der Waals surface area (Å²) in [5.74, 6) is 0.310. The number of nitrogens with zero attached hydrogens (tertiary/aromatic N) is 2. The Balaban J connectivity index is 1.43. The molecule has 1 atom stereocenters. The molecule has 0 radical (unpaired) electrons. The van der Waals surface area contributed by atoms with Gasteiger partial charge in [0.2, 0.25) is 5.91 Å². The van der Waals surface area contributed by atoms with E-state index >= 15 is 0 Å². The maximum absolute atomic E-state index is 12.2. The second-order valence-electron chi connectivity index (χ2n) is 6.79. The largest absolute Gasteiger partial charge is 0.435 e. The van der Waals surface area contributed by atoms with Crippen LogP contribution in [0.2, 0.25) is 0 Å². The van der Waals surface area contributed by atoms with Crippen LogP contribution in [0.3, 0.4) is 0 Å². The summed E-state index contributed by atoms with van der Waals surface area (Å²) in [6, 6.07) is 7.08. The van der Waals surface area contributed by atoms with E-state index in [1.807, 2.05) is 19.1 Å². The van der Waals surface area contributed by atoms with Gasteiger partial charge < -0.3 is 10.1 Å². The highest BCUT2D eigenvalue weighted by molar-refractivity contribution is 5.81. The molecular weight excluding hydrogens is 328 g/mol. The van der Waals surface area contributed by atoms with Crippen molar-refractivity contribution in [2.75, 3.05) is 26.2 Å². The maximum atomic E-state index is 12.2. The van der Waals surface area contributed by atoms with E-state index in [1.165, 1.54) is 0 Å². The molecule has 0 aromatic heterocycles. The van der Waals surface area contributed by atoms with Gasteiger partial charge >= 0.3 is 6.61 Å². The monoisotopic (exact) mass is 353 g/mol. The molecular formula is C18H25F2N3O2. The number of alkyl halides is 2. The van der Waals surface area contributed by atoms with Gasteiger partial charge in [-0.05, 0) is 37.5 Å². The minimum atomic E-state index is -2.79. The molecule has 3 rings (SSSR count). The molecule has 1 aromatic carbocycles. The number of hydrogen-bond acceptors (Lipinski definition) is 4. The zero-order valence-electron chi connectivity index (χ0n) is 14.5. The number of benzene rings is 1. The highest BCUT2D eigenvalue weighted by Gasteiger charge is 2.29. The van der Waals surface area contributed by atoms with Crippen LogP contribution in [0.1, 0.15) is 25.3 Å². The fraction of sp³-hybridized carbons (Fsp3) is 0.611. The number of halogens is 2. The van der Waals surface area contributed by atoms with Crippen molar-refractivity contribution in [3.05, 3.63) is 29.8 Å². The van der Waals surface area contributed by atoms with Crippen LogP contribution in [0.15, 0.2) is 24.3 Å². The van der Waals surface area contributed by atoms with Crippen LogP contribution in [-0.4, -0.2) is 60.6 Å². The summed E-state index contributed by atoms with van der Waals surface area (Å²) in [5, 5.41) is 3.06. The minimum Gasteiger partial charge on any atom is -0.435 e. The van der Waals surface area contributed by atoms with Crippen LogP contribution in [0, 0.1) is 0 Å². The van der Waals surface area contributed by atoms with E-state index in [0.717, 1.165) is 51.1 Å². The summed E-state index contributed by atoms with van der Waals surface area (Å²) in [4.78, 5) is 16.7. The van der Waals surface area contributed by atoms with Crippen LogP contribution < -0.4 is 10.1 Å². The van der Waals surface area contributed by atoms with E-state index in [9.17, 15) is 13.6 Å². The molecule has 1 amide bonds. The lowest BCUT2D eigenvalue weighted by Crippen LogP contribution is -2.53. The third kappa shape index (κ3) is 5.37. The molecule has 138 valence electrons. The molecule has 1 saturated heterocycles. The molecule has 1 aliphatic carbocycles. The first-order chi connectivity index (χ1) is 12.0. The lowest BCUT2D eigenvalue weighted by Gasteiger charge is -2.37. The summed E-state index contributed by atoms with van der Waals surface area (Å²) < 4.78 is 28.7. The van der Waals surface area contributed by atoms with Crippen LogP contribution >= 0.6 is 0 Å². The van der Waals surface area contributed by atoms with Crippen LogP contribution in [0.5, 0.6) is 5.75 Å². The summed E-state index contributed by atoms with van der Waals surface area (Å²) in [6.07, 6.45) is 2.21. The van der Waals surface area contributed by atoms with E-state index in [0.29, 0.717) is 6.04 Å². The van der Waals surface area contributed by atoms with Gasteiger partial charge in [-0.25, -0.2) is 0 Å². The van der Waals surface area contributed by atoms with E-state index in [2.05, 4.69) is 19.9 Å². The number of nitrogens with one attached hydrogen (secondary N) is 1. The quantitative estimate of drug-likeness (QED) is 0.815. The first-order valence-corrected chi connectivity index (χ1v) is 8.82. The first-order valence-electron chi connectivity index (χ1n) is 8.82. The Hall–Kier alpha value is -1.73. The Kier molecular flexibility index (Phi) is 5.86. The molecule has 2 aliphatic rings. The van der Waals surface area contributed by atoms with Crippen molar-refractivity contribution in [3.63, 3.8) is 0 Å². The predicted molar refractivity (Wildman–Crippen MR) is 90.6 cm³/mol. The zero-order valence-corrected chi connectivity index (χ0v) is 14.5. The van der Waals surface area contributed by atoms with Crippen molar-refractivity contribution in [2.24, 2.45) is 0 Å². The van der Waals surface area contributed by atoms with Gasteiger partial charge in [0.15, 0.2) is 0 Å². The molecule has 0 spiro atoms. The van der Waals surface area contributed by atoms with Gasteiger partial charge in [-0.3, -0.25) is 14.6 Å². The summed E-state index contributed by atoms with van der Waals surface area (Å²) in [5.41, 5.74) is 1.06. The Bertz CT molecular complexity index is 570. The lowest BCUT2D eigenvalue weighted by molar-refractivity contribution is -0.126. The predicted octanol–water partition coefficient (Wildman–Crippen LogP) is 2.07. The number of carbonyl (C=O) groups is 1. The Morgan fingerprint density at radius 1 is 1.20 bits per heavy atom. The zero-order chi connectivity index (χ0) is 17.8. The van der Waals surface area contributed by atoms with Crippen molar-refractivity contribution < 1.29 is 18.3 Å². The number of ether oxygens (including phenoxy) is 1. The summed E-state index contributed by atoms with van der Waals surface area (Å²) in [6.45, 7) is 3.42. The second kappa shape index (κ2) is 8.10. The second-order valence-corrected chi connectivity index (χ2v) is 6.79. The average Bonchev–Trinajstić information content (AvgIpc) is 3.40. The van der Waals surface area contributed by atoms with Crippen molar-refractivity contribution in [2.45, 2.75) is 45.0 Å². The van der Waals surface area contributed by atoms with Gasteiger partial charge in [0.1, 0.15) is 5.75 Å². The molecule has 1 unspecified atom stereocenters. The fourth-order valence-electron chi connectivity index (χ4n) is 3.06. The van der Waals surface area contributed by atoms with Crippen molar-refractivity contribution in [3.8, 4) is 5.75 Å². The standard InChI is InChI=1S/C18H25F2N3O2/c1-13(17(24)21-15-4-5-15)23-10-8-22(9-11-23)12-14-2-6-16(7-3-14)25-18(19)20/h2-3,6-7,13,15,18H,4-5,8-12H2,1H3,(H,21,24). The van der Waals surface area contributed by atoms with E-state index < -0.39 is 6.61 Å². The molecule has 2 fully saturated rings. The molecule has 1 heterocycles. The SMILES string of the molecule is CC(C(=O)NC1CC1)N1CCN(Cc2ccc(OC(F)F)cc2)CC1. The highest BCUT2D eigenvalue weighted by atomic mass is 19.3. The smallest absolute Gasteiger partial charge is 0.387 e. The average molecular weight is 353 g/mol. The molecule has 1 saturated carbocycles. The topological polar surface area (TPSA) is 44.8 Å². The first kappa shape index (κ1) is 18.1. The molecule has 1 N–H and O–H groups in total. The minimum absolute atomic E-state index is 0.0893. The van der Waals surface area contributed by atoms with Gasteiger partial charge in [-0.1, -0.05) is 12.1 Å². The molecule has 0 bridgehead atoms. The number of rotatable bonds is 7. The van der Waals surface area contributed by atoms with Crippen LogP contribution in [0.25, 0.3) is 0 Å². The third-order valence-electron chi connectivity index (χ3n) is 4.81. The van der Waals surface area contributed by atoms with E-state index in [1.54, 1.807) is 12.1 Å². The molecule has 1 aliphatic heterocycles. The lowest BCUT2D eigenvalue weighted by atomic mass is 10.1. The van der Waals surface area contributed by atoms with Gasteiger partial charge in [0.25, 0.3) is 0 Å². The molecule has 5 nitrogen and oxygen atoms in total. The number of hydrogen-bond donors (Lipinski definition) is 1. The summed E-state index contributed by atoms with van der Waals surface area (Å²) >= 11 is 0. The highest BCUT2D eigenvalue weighted by Crippen LogP contribution is 2.20. The molecule has 7 heteroatoms. The van der Waals surface area contributed by atoms with Gasteiger partial charge in [0, 0.05) is 38.8 Å². The fourth-order valence-corrected chi connectivity index (χ4v) is 3.06. The Morgan fingerprint density at radius 3 is 2.40 bits per heavy atom. The normalized spacial score (nSPS) is 20.5. The molecule has 25 heavy (non-hydrogen) atoms. The van der Waals surface area contributed by atoms with Crippen molar-refractivity contribution >= 4 is 5.91 Å². The van der Waals surface area contributed by atoms with Crippen molar-refractivity contribution in [1.29, 1.82) is 0 Å². The van der Waals surface area contributed by atoms with E-state index in [-0.39, 0.29) is 17.7 Å². The van der Waals surface area contributed by atoms with Gasteiger partial charge in [0.05, 0.1) is 6.04 Å². The van der Waals surface area contributed by atoms with Gasteiger partial charge in [-0.2, -0.15) is 8.78 Å². The molecule has 1 aromatic rings. The Morgan fingerprint density at radius 2 is 1.84 bits per heavy atom. The van der Waals surface area contributed by atoms with Gasteiger partial charge in [-0.15, -0.1) is 0 Å². The van der Waals surface area contributed by atoms with Crippen LogP contribution in [-0.2, 0) is 11.3 Å². The third-order valence-corrected chi connectivity index (χ3v) is 4.81. The maximum Gasteiger partial charge on any atom is 0.387 e. The van der Waals surface area contributed by atoms with E-state index in [4.69, 9.17) is 0 Å². The number of carbonyl (C=O) groups excluding carboxylic acids is 1. The van der Waals surface area contributed by atoms with Crippen LogP contribution in [0.4, 0.5) is 8.78 Å². The number of amides is 1. The summed E-state index contributed by atoms with van der Waals surface area (Å²) in [7, 11) is 0. The van der Waals surface area contributed by atoms with Crippen molar-refractivity contribution in [1.82, 2.24) is 15.1 Å². The Labute approximate surface area is 146 Å². The number of piperazine rings is 1.